The van der Waals surface area contributed by atoms with Crippen molar-refractivity contribution in [1.29, 1.82) is 0 Å². The van der Waals surface area contributed by atoms with Crippen LogP contribution in [-0.2, 0) is 45.7 Å². The molecule has 0 saturated carbocycles. The Morgan fingerprint density at radius 1 is 0.833 bits per heavy atom. The van der Waals surface area contributed by atoms with E-state index in [-0.39, 0.29) is 0 Å². The largest absolute Gasteiger partial charge is 0.346 e. The van der Waals surface area contributed by atoms with Gasteiger partial charge in [-0.15, -0.1) is 0 Å². The van der Waals surface area contributed by atoms with Crippen LogP contribution in [0.5, 0.6) is 0 Å². The van der Waals surface area contributed by atoms with Gasteiger partial charge in [0.2, 0.25) is 0 Å². The standard InChI is InChI=1S/C25H27N5/c1-28-13-20-5-4-18(11-22(20)14-28)12-29-10-8-19-6-7-25(27-24(19)16-29)30-15-21-3-2-9-26-23(21)17-30/h2-7,9,11H,8,10,12-17H2,1H3. The first-order valence-electron chi connectivity index (χ1n) is 10.9. The van der Waals surface area contributed by atoms with E-state index < -0.39 is 0 Å². The number of aromatic nitrogens is 2. The SMILES string of the molecule is CN1Cc2ccc(CN3CCc4ccc(N5Cc6cccnc6C5)nc4C3)cc2C1. The monoisotopic (exact) mass is 397 g/mol. The van der Waals surface area contributed by atoms with E-state index in [1.807, 2.05) is 12.3 Å². The van der Waals surface area contributed by atoms with Crippen LogP contribution in [0.3, 0.4) is 0 Å². The van der Waals surface area contributed by atoms with Gasteiger partial charge in [0.25, 0.3) is 0 Å². The summed E-state index contributed by atoms with van der Waals surface area (Å²) >= 11 is 0. The van der Waals surface area contributed by atoms with E-state index in [4.69, 9.17) is 4.98 Å². The lowest BCUT2D eigenvalue weighted by atomic mass is 10.0. The van der Waals surface area contributed by atoms with Crippen molar-refractivity contribution in [2.24, 2.45) is 0 Å². The summed E-state index contributed by atoms with van der Waals surface area (Å²) in [5.74, 6) is 1.08. The maximum absolute atomic E-state index is 5.09. The number of hydrogen-bond acceptors (Lipinski definition) is 5. The zero-order valence-corrected chi connectivity index (χ0v) is 17.5. The predicted molar refractivity (Wildman–Crippen MR) is 118 cm³/mol. The minimum Gasteiger partial charge on any atom is -0.346 e. The maximum Gasteiger partial charge on any atom is 0.129 e. The summed E-state index contributed by atoms with van der Waals surface area (Å²) in [5, 5.41) is 0. The van der Waals surface area contributed by atoms with Gasteiger partial charge in [0.1, 0.15) is 5.82 Å². The van der Waals surface area contributed by atoms with Crippen LogP contribution < -0.4 is 4.90 Å². The van der Waals surface area contributed by atoms with Gasteiger partial charge < -0.3 is 4.90 Å². The molecule has 0 saturated heterocycles. The van der Waals surface area contributed by atoms with E-state index in [2.05, 4.69) is 63.1 Å². The zero-order chi connectivity index (χ0) is 20.1. The smallest absolute Gasteiger partial charge is 0.129 e. The molecule has 0 spiro atoms. The number of rotatable bonds is 3. The van der Waals surface area contributed by atoms with Crippen molar-refractivity contribution in [1.82, 2.24) is 19.8 Å². The molecule has 5 heteroatoms. The van der Waals surface area contributed by atoms with Crippen molar-refractivity contribution in [3.63, 3.8) is 0 Å². The van der Waals surface area contributed by atoms with Gasteiger partial charge in [-0.25, -0.2) is 4.98 Å². The van der Waals surface area contributed by atoms with Gasteiger partial charge in [-0.3, -0.25) is 14.8 Å². The predicted octanol–water partition coefficient (Wildman–Crippen LogP) is 3.50. The average molecular weight is 398 g/mol. The number of pyridine rings is 2. The van der Waals surface area contributed by atoms with Crippen molar-refractivity contribution in [3.8, 4) is 0 Å². The van der Waals surface area contributed by atoms with Gasteiger partial charge in [0, 0.05) is 45.5 Å². The molecule has 5 nitrogen and oxygen atoms in total. The molecule has 5 heterocycles. The Balaban J connectivity index is 1.18. The zero-order valence-electron chi connectivity index (χ0n) is 17.5. The number of anilines is 1. The minimum absolute atomic E-state index is 0.856. The Labute approximate surface area is 178 Å². The molecule has 6 rings (SSSR count). The topological polar surface area (TPSA) is 35.5 Å². The first-order chi connectivity index (χ1) is 14.7. The van der Waals surface area contributed by atoms with Gasteiger partial charge in [-0.2, -0.15) is 0 Å². The first-order valence-corrected chi connectivity index (χ1v) is 10.9. The summed E-state index contributed by atoms with van der Waals surface area (Å²) in [4.78, 5) is 16.9. The molecule has 0 radical (unpaired) electrons. The van der Waals surface area contributed by atoms with Crippen molar-refractivity contribution in [3.05, 3.63) is 87.9 Å². The summed E-state index contributed by atoms with van der Waals surface area (Å²) in [5.41, 5.74) is 9.54. The Morgan fingerprint density at radius 2 is 1.73 bits per heavy atom. The number of benzene rings is 1. The maximum atomic E-state index is 5.09. The number of fused-ring (bicyclic) bond motifs is 3. The van der Waals surface area contributed by atoms with Crippen molar-refractivity contribution in [2.75, 3.05) is 18.5 Å². The van der Waals surface area contributed by atoms with Crippen LogP contribution in [0, 0.1) is 0 Å². The van der Waals surface area contributed by atoms with Crippen molar-refractivity contribution >= 4 is 5.82 Å². The number of hydrogen-bond donors (Lipinski definition) is 0. The van der Waals surface area contributed by atoms with E-state index in [0.29, 0.717) is 0 Å². The molecule has 0 N–H and O–H groups in total. The van der Waals surface area contributed by atoms with E-state index in [1.54, 1.807) is 0 Å². The normalized spacial score (nSPS) is 18.4. The lowest BCUT2D eigenvalue weighted by molar-refractivity contribution is 0.241. The van der Waals surface area contributed by atoms with Gasteiger partial charge in [0.15, 0.2) is 0 Å². The third-order valence-corrected chi connectivity index (χ3v) is 6.69. The molecule has 2 aromatic heterocycles. The van der Waals surface area contributed by atoms with Crippen LogP contribution in [0.1, 0.15) is 39.2 Å². The molecule has 0 atom stereocenters. The first kappa shape index (κ1) is 18.0. The van der Waals surface area contributed by atoms with Crippen molar-refractivity contribution in [2.45, 2.75) is 45.7 Å². The van der Waals surface area contributed by atoms with Crippen LogP contribution in [0.15, 0.2) is 48.7 Å². The highest BCUT2D eigenvalue weighted by Gasteiger charge is 2.24. The fraction of sp³-hybridized carbons (Fsp3) is 0.360. The number of nitrogens with zero attached hydrogens (tertiary/aromatic N) is 5. The fourth-order valence-corrected chi connectivity index (χ4v) is 5.10. The van der Waals surface area contributed by atoms with Crippen LogP contribution in [0.4, 0.5) is 5.82 Å². The highest BCUT2D eigenvalue weighted by atomic mass is 15.2. The summed E-state index contributed by atoms with van der Waals surface area (Å²) in [7, 11) is 2.19. The van der Waals surface area contributed by atoms with Crippen LogP contribution in [-0.4, -0.2) is 33.4 Å². The molecule has 0 fully saturated rings. The van der Waals surface area contributed by atoms with Gasteiger partial charge in [0.05, 0.1) is 17.9 Å². The minimum atomic E-state index is 0.856. The van der Waals surface area contributed by atoms with Crippen LogP contribution in [0.2, 0.25) is 0 Å². The Hall–Kier alpha value is -2.76. The van der Waals surface area contributed by atoms with E-state index in [0.717, 1.165) is 58.1 Å². The molecule has 30 heavy (non-hydrogen) atoms. The quantitative estimate of drug-likeness (QED) is 0.676. The third kappa shape index (κ3) is 3.28. The summed E-state index contributed by atoms with van der Waals surface area (Å²) < 4.78 is 0. The molecule has 3 aliphatic rings. The molecule has 3 aliphatic heterocycles. The summed E-state index contributed by atoms with van der Waals surface area (Å²) in [6.45, 7) is 6.95. The van der Waals surface area contributed by atoms with E-state index >= 15 is 0 Å². The molecule has 152 valence electrons. The second-order valence-electron chi connectivity index (χ2n) is 8.98. The molecule has 0 bridgehead atoms. The molecular weight excluding hydrogens is 370 g/mol. The Morgan fingerprint density at radius 3 is 2.67 bits per heavy atom. The van der Waals surface area contributed by atoms with Gasteiger partial charge >= 0.3 is 0 Å². The van der Waals surface area contributed by atoms with Gasteiger partial charge in [-0.1, -0.05) is 30.3 Å². The van der Waals surface area contributed by atoms with Crippen molar-refractivity contribution < 1.29 is 0 Å². The summed E-state index contributed by atoms with van der Waals surface area (Å²) in [6, 6.07) is 15.7. The molecular formula is C25H27N5. The fourth-order valence-electron chi connectivity index (χ4n) is 5.10. The molecule has 1 aromatic carbocycles. The van der Waals surface area contributed by atoms with Crippen LogP contribution in [0.25, 0.3) is 0 Å². The second-order valence-corrected chi connectivity index (χ2v) is 8.98. The van der Waals surface area contributed by atoms with Gasteiger partial charge in [-0.05, 0) is 53.4 Å². The van der Waals surface area contributed by atoms with E-state index in [9.17, 15) is 0 Å². The Kier molecular flexibility index (Phi) is 4.32. The lowest BCUT2D eigenvalue weighted by Gasteiger charge is -2.29. The lowest BCUT2D eigenvalue weighted by Crippen LogP contribution is -2.31. The summed E-state index contributed by atoms with van der Waals surface area (Å²) in [6.07, 6.45) is 2.97. The Bertz CT molecular complexity index is 1080. The molecule has 0 aliphatic carbocycles. The molecule has 3 aromatic rings. The van der Waals surface area contributed by atoms with E-state index in [1.165, 1.54) is 39.2 Å². The third-order valence-electron chi connectivity index (χ3n) is 6.69. The molecule has 0 amide bonds. The molecule has 0 unspecified atom stereocenters. The highest BCUT2D eigenvalue weighted by Crippen LogP contribution is 2.29. The highest BCUT2D eigenvalue weighted by molar-refractivity contribution is 5.47. The second kappa shape index (κ2) is 7.18. The average Bonchev–Trinajstić information content (AvgIpc) is 3.35. The van der Waals surface area contributed by atoms with Crippen LogP contribution >= 0.6 is 0 Å².